The van der Waals surface area contributed by atoms with Gasteiger partial charge in [0.15, 0.2) is 0 Å². The molecule has 1 nitrogen and oxygen atoms in total. The van der Waals surface area contributed by atoms with Gasteiger partial charge in [0.2, 0.25) is 0 Å². The Bertz CT molecular complexity index is 585. The zero-order valence-electron chi connectivity index (χ0n) is 11.9. The van der Waals surface area contributed by atoms with E-state index in [1.165, 1.54) is 22.3 Å². The lowest BCUT2D eigenvalue weighted by Gasteiger charge is -2.08. The third-order valence-corrected chi connectivity index (χ3v) is 4.29. The highest BCUT2D eigenvalue weighted by molar-refractivity contribution is 5.82. The molecule has 2 aromatic carbocycles. The Morgan fingerprint density at radius 2 is 1.60 bits per heavy atom. The van der Waals surface area contributed by atoms with E-state index in [0.717, 1.165) is 19.3 Å². The van der Waals surface area contributed by atoms with Gasteiger partial charge >= 0.3 is 0 Å². The van der Waals surface area contributed by atoms with E-state index >= 15 is 0 Å². The largest absolute Gasteiger partial charge is 0.299 e. The van der Waals surface area contributed by atoms with Crippen molar-refractivity contribution in [3.8, 4) is 0 Å². The first kappa shape index (κ1) is 13.1. The Morgan fingerprint density at radius 1 is 1.00 bits per heavy atom. The Morgan fingerprint density at radius 3 is 2.20 bits per heavy atom. The lowest BCUT2D eigenvalue weighted by atomic mass is 9.95. The van der Waals surface area contributed by atoms with E-state index in [-0.39, 0.29) is 5.92 Å². The summed E-state index contributed by atoms with van der Waals surface area (Å²) in [5, 5.41) is 0. The molecule has 0 N–H and O–H groups in total. The van der Waals surface area contributed by atoms with Gasteiger partial charge in [-0.05, 0) is 42.9 Å². The summed E-state index contributed by atoms with van der Waals surface area (Å²) in [7, 11) is 0. The third kappa shape index (κ3) is 2.82. The SMILES string of the molecule is Cc1ccc(CCC(=O)C2Cc3ccccc3C2)cc1. The van der Waals surface area contributed by atoms with E-state index in [1.807, 2.05) is 0 Å². The van der Waals surface area contributed by atoms with Crippen molar-refractivity contribution >= 4 is 5.78 Å². The van der Waals surface area contributed by atoms with Crippen LogP contribution in [0.5, 0.6) is 0 Å². The average Bonchev–Trinajstić information content (AvgIpc) is 2.90. The maximum Gasteiger partial charge on any atom is 0.136 e. The van der Waals surface area contributed by atoms with Gasteiger partial charge < -0.3 is 0 Å². The van der Waals surface area contributed by atoms with E-state index < -0.39 is 0 Å². The fraction of sp³-hybridized carbons (Fsp3) is 0.316. The van der Waals surface area contributed by atoms with Crippen LogP contribution >= 0.6 is 0 Å². The molecule has 1 aliphatic carbocycles. The fourth-order valence-electron chi connectivity index (χ4n) is 3.01. The van der Waals surface area contributed by atoms with Crippen molar-refractivity contribution in [3.63, 3.8) is 0 Å². The number of Topliss-reactive ketones (excluding diaryl/α,β-unsaturated/α-hetero) is 1. The van der Waals surface area contributed by atoms with Crippen molar-refractivity contribution in [1.82, 2.24) is 0 Å². The minimum Gasteiger partial charge on any atom is -0.299 e. The van der Waals surface area contributed by atoms with E-state index in [1.54, 1.807) is 0 Å². The molecule has 0 aliphatic heterocycles. The number of carbonyl (C=O) groups is 1. The van der Waals surface area contributed by atoms with Crippen LogP contribution < -0.4 is 0 Å². The highest BCUT2D eigenvalue weighted by atomic mass is 16.1. The van der Waals surface area contributed by atoms with E-state index in [0.29, 0.717) is 12.2 Å². The number of fused-ring (bicyclic) bond motifs is 1. The summed E-state index contributed by atoms with van der Waals surface area (Å²) >= 11 is 0. The van der Waals surface area contributed by atoms with Gasteiger partial charge in [0, 0.05) is 12.3 Å². The second-order valence-electron chi connectivity index (χ2n) is 5.83. The Balaban J connectivity index is 1.57. The lowest BCUT2D eigenvalue weighted by Crippen LogP contribution is -2.15. The van der Waals surface area contributed by atoms with Crippen molar-refractivity contribution in [2.45, 2.75) is 32.6 Å². The van der Waals surface area contributed by atoms with E-state index in [9.17, 15) is 4.79 Å². The molecule has 102 valence electrons. The predicted molar refractivity (Wildman–Crippen MR) is 81.8 cm³/mol. The van der Waals surface area contributed by atoms with Crippen LogP contribution in [0.15, 0.2) is 48.5 Å². The minimum atomic E-state index is 0.206. The molecule has 0 atom stereocenters. The van der Waals surface area contributed by atoms with Gasteiger partial charge in [-0.25, -0.2) is 0 Å². The number of hydrogen-bond donors (Lipinski definition) is 0. The molecule has 0 amide bonds. The van der Waals surface area contributed by atoms with Crippen molar-refractivity contribution in [2.24, 2.45) is 5.92 Å². The first-order valence-electron chi connectivity index (χ1n) is 7.37. The van der Waals surface area contributed by atoms with Crippen LogP contribution in [0.1, 0.15) is 28.7 Å². The number of benzene rings is 2. The topological polar surface area (TPSA) is 17.1 Å². The second kappa shape index (κ2) is 5.62. The van der Waals surface area contributed by atoms with Crippen LogP contribution in [-0.2, 0) is 24.1 Å². The lowest BCUT2D eigenvalue weighted by molar-refractivity contribution is -0.122. The summed E-state index contributed by atoms with van der Waals surface area (Å²) in [6, 6.07) is 16.9. The van der Waals surface area contributed by atoms with Crippen LogP contribution in [0, 0.1) is 12.8 Å². The maximum absolute atomic E-state index is 12.4. The molecule has 0 bridgehead atoms. The average molecular weight is 264 g/mol. The standard InChI is InChI=1S/C19H20O/c1-14-6-8-15(9-7-14)10-11-19(20)18-12-16-4-2-3-5-17(16)13-18/h2-9,18H,10-13H2,1H3. The van der Waals surface area contributed by atoms with Gasteiger partial charge in [-0.15, -0.1) is 0 Å². The molecular formula is C19H20O. The molecule has 0 radical (unpaired) electrons. The molecule has 1 aliphatic rings. The summed E-state index contributed by atoms with van der Waals surface area (Å²) in [4.78, 5) is 12.4. The van der Waals surface area contributed by atoms with Gasteiger partial charge in [-0.3, -0.25) is 4.79 Å². The minimum absolute atomic E-state index is 0.206. The molecule has 0 unspecified atom stereocenters. The number of carbonyl (C=O) groups excluding carboxylic acids is 1. The van der Waals surface area contributed by atoms with Gasteiger partial charge in [-0.2, -0.15) is 0 Å². The highest BCUT2D eigenvalue weighted by Gasteiger charge is 2.26. The van der Waals surface area contributed by atoms with Gasteiger partial charge in [0.1, 0.15) is 5.78 Å². The van der Waals surface area contributed by atoms with E-state index in [4.69, 9.17) is 0 Å². The summed E-state index contributed by atoms with van der Waals surface area (Å²) in [5.41, 5.74) is 5.26. The number of ketones is 1. The summed E-state index contributed by atoms with van der Waals surface area (Å²) in [5.74, 6) is 0.625. The number of rotatable bonds is 4. The van der Waals surface area contributed by atoms with Gasteiger partial charge in [0.25, 0.3) is 0 Å². The second-order valence-corrected chi connectivity index (χ2v) is 5.83. The molecule has 0 spiro atoms. The zero-order valence-corrected chi connectivity index (χ0v) is 11.9. The molecule has 0 saturated carbocycles. The summed E-state index contributed by atoms with van der Waals surface area (Å²) in [6.07, 6.45) is 3.40. The number of hydrogen-bond acceptors (Lipinski definition) is 1. The smallest absolute Gasteiger partial charge is 0.136 e. The fourth-order valence-corrected chi connectivity index (χ4v) is 3.01. The maximum atomic E-state index is 12.4. The summed E-state index contributed by atoms with van der Waals surface area (Å²) in [6.45, 7) is 2.09. The molecule has 1 heteroatoms. The molecule has 0 fully saturated rings. The van der Waals surface area contributed by atoms with Crippen molar-refractivity contribution in [2.75, 3.05) is 0 Å². The molecule has 20 heavy (non-hydrogen) atoms. The van der Waals surface area contributed by atoms with Crippen LogP contribution in [0.2, 0.25) is 0 Å². The van der Waals surface area contributed by atoms with E-state index in [2.05, 4.69) is 55.5 Å². The van der Waals surface area contributed by atoms with Crippen LogP contribution in [0.25, 0.3) is 0 Å². The van der Waals surface area contributed by atoms with Crippen molar-refractivity contribution < 1.29 is 4.79 Å². The zero-order chi connectivity index (χ0) is 13.9. The highest BCUT2D eigenvalue weighted by Crippen LogP contribution is 2.28. The van der Waals surface area contributed by atoms with Crippen LogP contribution in [0.4, 0.5) is 0 Å². The number of aryl methyl sites for hydroxylation is 2. The van der Waals surface area contributed by atoms with Crippen molar-refractivity contribution in [1.29, 1.82) is 0 Å². The Labute approximate surface area is 120 Å². The molecule has 0 heterocycles. The van der Waals surface area contributed by atoms with Crippen LogP contribution in [-0.4, -0.2) is 5.78 Å². The molecular weight excluding hydrogens is 244 g/mol. The first-order chi connectivity index (χ1) is 9.72. The van der Waals surface area contributed by atoms with Crippen LogP contribution in [0.3, 0.4) is 0 Å². The molecule has 2 aromatic rings. The monoisotopic (exact) mass is 264 g/mol. The molecule has 3 rings (SSSR count). The Hall–Kier alpha value is -1.89. The molecule has 0 aromatic heterocycles. The van der Waals surface area contributed by atoms with Gasteiger partial charge in [-0.1, -0.05) is 54.1 Å². The quantitative estimate of drug-likeness (QED) is 0.818. The predicted octanol–water partition coefficient (Wildman–Crippen LogP) is 3.91. The third-order valence-electron chi connectivity index (χ3n) is 4.29. The van der Waals surface area contributed by atoms with Gasteiger partial charge in [0.05, 0.1) is 0 Å². The Kier molecular flexibility index (Phi) is 3.68. The normalized spacial score (nSPS) is 14.2. The molecule has 0 saturated heterocycles. The first-order valence-corrected chi connectivity index (χ1v) is 7.37. The summed E-state index contributed by atoms with van der Waals surface area (Å²) < 4.78 is 0. The van der Waals surface area contributed by atoms with Crippen molar-refractivity contribution in [3.05, 3.63) is 70.8 Å².